The van der Waals surface area contributed by atoms with Crippen LogP contribution in [0.4, 0.5) is 30.7 Å². The molecule has 13 heteroatoms. The van der Waals surface area contributed by atoms with Crippen molar-refractivity contribution < 1.29 is 60.7 Å². The summed E-state index contributed by atoms with van der Waals surface area (Å²) in [5.41, 5.74) is 0. The molecule has 1 atom stereocenters. The first kappa shape index (κ1) is 26.7. The number of hydrogen-bond donors (Lipinski definition) is 4. The Morgan fingerprint density at radius 2 is 1.17 bits per heavy atom. The number of aliphatic hydroxyl groups is 2. The lowest BCUT2D eigenvalue weighted by atomic mass is 10.1. The van der Waals surface area contributed by atoms with Gasteiger partial charge in [0.15, 0.2) is 0 Å². The fraction of sp³-hybridized carbons (Fsp3) is 0.455. The largest absolute Gasteiger partial charge is 0.476 e. The third kappa shape index (κ3) is 14.8. The summed E-state index contributed by atoms with van der Waals surface area (Å²) >= 11 is 0. The van der Waals surface area contributed by atoms with Gasteiger partial charge in [0, 0.05) is 6.42 Å². The van der Waals surface area contributed by atoms with Crippen LogP contribution in [0.5, 0.6) is 0 Å². The van der Waals surface area contributed by atoms with E-state index in [1.807, 2.05) is 0 Å². The minimum absolute atomic E-state index is 1.12. The van der Waals surface area contributed by atoms with Gasteiger partial charge in [-0.15, -0.1) is 0 Å². The highest BCUT2D eigenvalue weighted by atomic mass is 19.4. The summed E-state index contributed by atoms with van der Waals surface area (Å²) in [6.45, 7) is 3.86. The molecule has 0 saturated carbocycles. The summed E-state index contributed by atoms with van der Waals surface area (Å²) in [7, 11) is 0. The second kappa shape index (κ2) is 11.4. The van der Waals surface area contributed by atoms with Crippen LogP contribution in [-0.2, 0) is 9.59 Å². The predicted octanol–water partition coefficient (Wildman–Crippen LogP) is 2.04. The van der Waals surface area contributed by atoms with Gasteiger partial charge < -0.3 is 20.4 Å². The number of carboxylic acids is 2. The van der Waals surface area contributed by atoms with Gasteiger partial charge in [-0.2, -0.15) is 30.7 Å². The van der Waals surface area contributed by atoms with Crippen LogP contribution in [-0.4, -0.2) is 57.2 Å². The van der Waals surface area contributed by atoms with Crippen molar-refractivity contribution >= 4 is 11.9 Å². The standard InChI is InChI=1S/C5H7F5O2.2C3H3FO2/c6-4(7,5(8,9)10)1-3(12)2-11;2*1-2(4)3(5)6/h3,11-12H,1-2H2;2*1H2,(H,5,6). The van der Waals surface area contributed by atoms with E-state index in [-0.39, 0.29) is 0 Å². The molecule has 24 heavy (non-hydrogen) atoms. The van der Waals surface area contributed by atoms with Gasteiger partial charge in [-0.3, -0.25) is 0 Å². The summed E-state index contributed by atoms with van der Waals surface area (Å²) in [5, 5.41) is 31.4. The average molecular weight is 374 g/mol. The van der Waals surface area contributed by atoms with Crippen LogP contribution < -0.4 is 0 Å². The summed E-state index contributed by atoms with van der Waals surface area (Å²) in [6, 6.07) is 0. The Morgan fingerprint density at radius 3 is 1.29 bits per heavy atom. The fourth-order valence-electron chi connectivity index (χ4n) is 0.476. The molecule has 0 amide bonds. The average Bonchev–Trinajstić information content (AvgIpc) is 2.37. The van der Waals surface area contributed by atoms with E-state index >= 15 is 0 Å². The molecule has 0 aromatic rings. The van der Waals surface area contributed by atoms with Crippen LogP contribution in [0, 0.1) is 0 Å². The van der Waals surface area contributed by atoms with E-state index in [1.54, 1.807) is 0 Å². The molecule has 0 saturated heterocycles. The van der Waals surface area contributed by atoms with Crippen molar-refractivity contribution in [2.45, 2.75) is 24.6 Å². The molecule has 0 aromatic heterocycles. The Balaban J connectivity index is -0.000000309. The Kier molecular flexibility index (Phi) is 12.7. The van der Waals surface area contributed by atoms with Gasteiger partial charge in [0.25, 0.3) is 0 Å². The molecule has 0 aromatic carbocycles. The van der Waals surface area contributed by atoms with Crippen molar-refractivity contribution in [3.05, 3.63) is 24.8 Å². The molecule has 6 nitrogen and oxygen atoms in total. The highest BCUT2D eigenvalue weighted by molar-refractivity contribution is 5.83. The van der Waals surface area contributed by atoms with Crippen LogP contribution in [0.3, 0.4) is 0 Å². The zero-order valence-corrected chi connectivity index (χ0v) is 11.7. The third-order valence-corrected chi connectivity index (χ3v) is 1.58. The lowest BCUT2D eigenvalue weighted by molar-refractivity contribution is -0.290. The van der Waals surface area contributed by atoms with Gasteiger partial charge in [-0.05, 0) is 0 Å². The van der Waals surface area contributed by atoms with Crippen LogP contribution in [0.15, 0.2) is 24.8 Å². The molecule has 0 radical (unpaired) electrons. The zero-order chi connectivity index (χ0) is 20.3. The van der Waals surface area contributed by atoms with E-state index in [0.717, 1.165) is 0 Å². The van der Waals surface area contributed by atoms with Crippen LogP contribution in [0.1, 0.15) is 6.42 Å². The van der Waals surface area contributed by atoms with Crippen LogP contribution >= 0.6 is 0 Å². The Hall–Kier alpha value is -2.15. The minimum atomic E-state index is -5.68. The molecular weight excluding hydrogens is 361 g/mol. The zero-order valence-electron chi connectivity index (χ0n) is 11.7. The van der Waals surface area contributed by atoms with Crippen molar-refractivity contribution in [1.29, 1.82) is 0 Å². The topological polar surface area (TPSA) is 115 Å². The lowest BCUT2D eigenvalue weighted by Gasteiger charge is -2.21. The van der Waals surface area contributed by atoms with Gasteiger partial charge in [-0.1, -0.05) is 13.2 Å². The van der Waals surface area contributed by atoms with E-state index in [9.17, 15) is 40.3 Å². The van der Waals surface area contributed by atoms with Gasteiger partial charge >= 0.3 is 24.0 Å². The van der Waals surface area contributed by atoms with E-state index < -0.39 is 54.8 Å². The molecule has 142 valence electrons. The number of carbonyl (C=O) groups is 2. The molecule has 0 aliphatic heterocycles. The minimum Gasteiger partial charge on any atom is -0.476 e. The van der Waals surface area contributed by atoms with Crippen molar-refractivity contribution in [3.8, 4) is 0 Å². The molecule has 0 fully saturated rings. The summed E-state index contributed by atoms with van der Waals surface area (Å²) < 4.78 is 80.2. The molecular formula is C11H13F7O6. The first-order valence-corrected chi connectivity index (χ1v) is 5.38. The molecule has 0 bridgehead atoms. The highest BCUT2D eigenvalue weighted by Gasteiger charge is 2.57. The Labute approximate surface area is 130 Å². The SMILES string of the molecule is C=C(F)C(=O)O.C=C(F)C(=O)O.OCC(O)CC(F)(F)C(F)(F)F. The summed E-state index contributed by atoms with van der Waals surface area (Å²) in [4.78, 5) is 18.4. The number of aliphatic carboxylic acids is 2. The van der Waals surface area contributed by atoms with Crippen molar-refractivity contribution in [2.75, 3.05) is 6.61 Å². The maximum Gasteiger partial charge on any atom is 0.453 e. The van der Waals surface area contributed by atoms with Crippen LogP contribution in [0.2, 0.25) is 0 Å². The monoisotopic (exact) mass is 374 g/mol. The Morgan fingerprint density at radius 1 is 0.917 bits per heavy atom. The molecule has 0 aliphatic carbocycles. The highest BCUT2D eigenvalue weighted by Crippen LogP contribution is 2.38. The number of hydrogen-bond acceptors (Lipinski definition) is 4. The normalized spacial score (nSPS) is 11.9. The molecule has 0 heterocycles. The second-order valence-electron chi connectivity index (χ2n) is 3.66. The van der Waals surface area contributed by atoms with E-state index in [4.69, 9.17) is 20.4 Å². The van der Waals surface area contributed by atoms with E-state index in [1.165, 1.54) is 0 Å². The van der Waals surface area contributed by atoms with Crippen LogP contribution in [0.25, 0.3) is 0 Å². The number of halogens is 7. The molecule has 0 aliphatic rings. The maximum atomic E-state index is 12.0. The summed E-state index contributed by atoms with van der Waals surface area (Å²) in [5.74, 6) is -10.8. The first-order valence-electron chi connectivity index (χ1n) is 5.38. The fourth-order valence-corrected chi connectivity index (χ4v) is 0.476. The number of aliphatic hydroxyl groups excluding tert-OH is 2. The molecule has 0 spiro atoms. The Bertz CT molecular complexity index is 399. The predicted molar refractivity (Wildman–Crippen MR) is 64.5 cm³/mol. The number of alkyl halides is 5. The maximum absolute atomic E-state index is 12.0. The third-order valence-electron chi connectivity index (χ3n) is 1.58. The van der Waals surface area contributed by atoms with Crippen molar-refractivity contribution in [1.82, 2.24) is 0 Å². The van der Waals surface area contributed by atoms with Gasteiger partial charge in [0.2, 0.25) is 11.7 Å². The summed E-state index contributed by atoms with van der Waals surface area (Å²) in [6.07, 6.45) is -9.54. The molecule has 4 N–H and O–H groups in total. The quantitative estimate of drug-likeness (QED) is 0.433. The van der Waals surface area contributed by atoms with Crippen molar-refractivity contribution in [2.24, 2.45) is 0 Å². The molecule has 1 unspecified atom stereocenters. The number of rotatable bonds is 5. The smallest absolute Gasteiger partial charge is 0.453 e. The van der Waals surface area contributed by atoms with Crippen molar-refractivity contribution in [3.63, 3.8) is 0 Å². The second-order valence-corrected chi connectivity index (χ2v) is 3.66. The van der Waals surface area contributed by atoms with E-state index in [0.29, 0.717) is 0 Å². The van der Waals surface area contributed by atoms with Gasteiger partial charge in [0.1, 0.15) is 0 Å². The molecule has 0 rings (SSSR count). The number of carboxylic acid groups (broad SMARTS) is 2. The first-order chi connectivity index (χ1) is 10.5. The van der Waals surface area contributed by atoms with Gasteiger partial charge in [0.05, 0.1) is 12.7 Å². The lowest BCUT2D eigenvalue weighted by Crippen LogP contribution is -2.40. The van der Waals surface area contributed by atoms with Gasteiger partial charge in [-0.25, -0.2) is 9.59 Å². The van der Waals surface area contributed by atoms with E-state index in [2.05, 4.69) is 13.2 Å².